The Labute approximate surface area is 127 Å². The van der Waals surface area contributed by atoms with Gasteiger partial charge in [0.05, 0.1) is 5.69 Å². The summed E-state index contributed by atoms with van der Waals surface area (Å²) in [5, 5.41) is 3.48. The summed E-state index contributed by atoms with van der Waals surface area (Å²) in [5.74, 6) is 2.55. The van der Waals surface area contributed by atoms with Crippen molar-refractivity contribution < 1.29 is 0 Å². The first-order chi connectivity index (χ1) is 10.2. The Balaban J connectivity index is 1.86. The smallest absolute Gasteiger partial charge is 0.207 e. The molecule has 1 aromatic heterocycles. The molecule has 1 aromatic carbocycles. The maximum absolute atomic E-state index is 4.69. The lowest BCUT2D eigenvalue weighted by Gasteiger charge is -2.23. The van der Waals surface area contributed by atoms with E-state index in [2.05, 4.69) is 54.0 Å². The van der Waals surface area contributed by atoms with Crippen LogP contribution in [-0.4, -0.2) is 9.55 Å². The average molecular weight is 283 g/mol. The molecule has 1 aliphatic carbocycles. The molecule has 1 heterocycles. The summed E-state index contributed by atoms with van der Waals surface area (Å²) in [6, 6.07) is 10.9. The Morgan fingerprint density at radius 3 is 2.67 bits per heavy atom. The van der Waals surface area contributed by atoms with E-state index in [1.165, 1.54) is 19.3 Å². The number of imidazole rings is 1. The first kappa shape index (κ1) is 14.2. The minimum Gasteiger partial charge on any atom is -0.326 e. The van der Waals surface area contributed by atoms with Crippen LogP contribution in [0.1, 0.15) is 44.8 Å². The third kappa shape index (κ3) is 2.82. The molecule has 2 aromatic rings. The molecule has 3 nitrogen and oxygen atoms in total. The fourth-order valence-corrected chi connectivity index (χ4v) is 3.71. The summed E-state index contributed by atoms with van der Waals surface area (Å²) in [5.41, 5.74) is 2.18. The lowest BCUT2D eigenvalue weighted by atomic mass is 9.93. The van der Waals surface area contributed by atoms with E-state index in [1.807, 2.05) is 18.2 Å². The molecule has 1 fully saturated rings. The minimum absolute atomic E-state index is 0.572. The van der Waals surface area contributed by atoms with Gasteiger partial charge in [-0.05, 0) is 43.7 Å². The second-order valence-corrected chi connectivity index (χ2v) is 6.28. The van der Waals surface area contributed by atoms with Crippen LogP contribution in [0, 0.1) is 18.8 Å². The van der Waals surface area contributed by atoms with Crippen LogP contribution in [0.25, 0.3) is 0 Å². The Morgan fingerprint density at radius 1 is 1.24 bits per heavy atom. The number of aryl methyl sites for hydroxylation is 1. The number of hydrogen-bond donors (Lipinski definition) is 1. The van der Waals surface area contributed by atoms with Gasteiger partial charge in [0.15, 0.2) is 0 Å². The van der Waals surface area contributed by atoms with Gasteiger partial charge in [0.25, 0.3) is 0 Å². The van der Waals surface area contributed by atoms with E-state index in [4.69, 9.17) is 0 Å². The predicted octanol–water partition coefficient (Wildman–Crippen LogP) is 4.93. The van der Waals surface area contributed by atoms with Crippen molar-refractivity contribution in [3.8, 4) is 0 Å². The summed E-state index contributed by atoms with van der Waals surface area (Å²) < 4.78 is 2.36. The molecule has 0 radical (unpaired) electrons. The molecule has 112 valence electrons. The van der Waals surface area contributed by atoms with Crippen LogP contribution in [0.4, 0.5) is 11.6 Å². The van der Waals surface area contributed by atoms with E-state index < -0.39 is 0 Å². The number of rotatable bonds is 4. The van der Waals surface area contributed by atoms with Crippen molar-refractivity contribution in [1.29, 1.82) is 0 Å². The van der Waals surface area contributed by atoms with Crippen molar-refractivity contribution in [2.24, 2.45) is 11.8 Å². The number of hydrogen-bond acceptors (Lipinski definition) is 2. The molecule has 1 N–H and O–H groups in total. The zero-order valence-corrected chi connectivity index (χ0v) is 13.2. The van der Waals surface area contributed by atoms with Crippen LogP contribution in [0.3, 0.4) is 0 Å². The Bertz CT molecular complexity index is 588. The lowest BCUT2D eigenvalue weighted by molar-refractivity contribution is 0.331. The second-order valence-electron chi connectivity index (χ2n) is 6.28. The van der Waals surface area contributed by atoms with Crippen molar-refractivity contribution in [2.75, 3.05) is 5.32 Å². The first-order valence-electron chi connectivity index (χ1n) is 8.06. The van der Waals surface area contributed by atoms with Crippen LogP contribution in [-0.2, 0) is 0 Å². The third-order valence-electron chi connectivity index (χ3n) is 4.95. The van der Waals surface area contributed by atoms with Gasteiger partial charge >= 0.3 is 0 Å². The second kappa shape index (κ2) is 5.92. The highest BCUT2D eigenvalue weighted by Crippen LogP contribution is 2.43. The van der Waals surface area contributed by atoms with Crippen LogP contribution >= 0.6 is 0 Å². The summed E-state index contributed by atoms with van der Waals surface area (Å²) in [4.78, 5) is 4.69. The molecule has 0 bridgehead atoms. The molecule has 3 unspecified atom stereocenters. The van der Waals surface area contributed by atoms with Crippen LogP contribution in [0.2, 0.25) is 0 Å². The highest BCUT2D eigenvalue weighted by Gasteiger charge is 2.33. The van der Waals surface area contributed by atoms with Crippen LogP contribution < -0.4 is 5.32 Å². The molecule has 3 heteroatoms. The van der Waals surface area contributed by atoms with Crippen molar-refractivity contribution >= 4 is 11.6 Å². The summed E-state index contributed by atoms with van der Waals surface area (Å²) in [7, 11) is 0. The number of nitrogens with one attached hydrogen (secondary N) is 1. The number of para-hydroxylation sites is 1. The molecule has 0 amide bonds. The standard InChI is InChI=1S/C18H25N3/c1-4-15-10-11-17(14(15)3)21-12-13(2)19-18(21)20-16-8-6-5-7-9-16/h5-9,12,14-15,17H,4,10-11H2,1-3H3,(H,19,20). The van der Waals surface area contributed by atoms with Crippen molar-refractivity contribution in [1.82, 2.24) is 9.55 Å². The summed E-state index contributed by atoms with van der Waals surface area (Å²) in [6.07, 6.45) is 6.08. The fourth-order valence-electron chi connectivity index (χ4n) is 3.71. The largest absolute Gasteiger partial charge is 0.326 e. The number of nitrogens with zero attached hydrogens (tertiary/aromatic N) is 2. The highest BCUT2D eigenvalue weighted by molar-refractivity contribution is 5.53. The van der Waals surface area contributed by atoms with E-state index in [1.54, 1.807) is 0 Å². The van der Waals surface area contributed by atoms with Gasteiger partial charge < -0.3 is 9.88 Å². The number of aromatic nitrogens is 2. The van der Waals surface area contributed by atoms with Crippen LogP contribution in [0.15, 0.2) is 36.5 Å². The number of benzene rings is 1. The molecule has 3 atom stereocenters. The normalized spacial score (nSPS) is 25.2. The minimum atomic E-state index is 0.572. The molecule has 0 aliphatic heterocycles. The first-order valence-corrected chi connectivity index (χ1v) is 8.06. The van der Waals surface area contributed by atoms with Crippen molar-refractivity contribution in [2.45, 2.75) is 46.1 Å². The van der Waals surface area contributed by atoms with E-state index in [-0.39, 0.29) is 0 Å². The Morgan fingerprint density at radius 2 is 2.00 bits per heavy atom. The van der Waals surface area contributed by atoms with Gasteiger partial charge in [-0.1, -0.05) is 38.5 Å². The molecule has 3 rings (SSSR count). The van der Waals surface area contributed by atoms with Gasteiger partial charge in [-0.3, -0.25) is 0 Å². The van der Waals surface area contributed by atoms with E-state index in [0.29, 0.717) is 6.04 Å². The summed E-state index contributed by atoms with van der Waals surface area (Å²) >= 11 is 0. The molecule has 21 heavy (non-hydrogen) atoms. The van der Waals surface area contributed by atoms with E-state index >= 15 is 0 Å². The average Bonchev–Trinajstić information content (AvgIpc) is 3.02. The molecular formula is C18H25N3. The maximum atomic E-state index is 4.69. The highest BCUT2D eigenvalue weighted by atomic mass is 15.2. The third-order valence-corrected chi connectivity index (χ3v) is 4.95. The van der Waals surface area contributed by atoms with Gasteiger partial charge in [0.2, 0.25) is 5.95 Å². The lowest BCUT2D eigenvalue weighted by Crippen LogP contribution is -2.16. The van der Waals surface area contributed by atoms with Gasteiger partial charge in [0, 0.05) is 17.9 Å². The monoisotopic (exact) mass is 283 g/mol. The molecule has 0 spiro atoms. The molecule has 0 saturated heterocycles. The fraction of sp³-hybridized carbons (Fsp3) is 0.500. The van der Waals surface area contributed by atoms with Crippen molar-refractivity contribution in [3.05, 3.63) is 42.2 Å². The van der Waals surface area contributed by atoms with Gasteiger partial charge in [0.1, 0.15) is 0 Å². The SMILES string of the molecule is CCC1CCC(n2cc(C)nc2Nc2ccccc2)C1C. The Kier molecular flexibility index (Phi) is 4.00. The van der Waals surface area contributed by atoms with E-state index in [9.17, 15) is 0 Å². The molecular weight excluding hydrogens is 258 g/mol. The van der Waals surface area contributed by atoms with Crippen molar-refractivity contribution in [3.63, 3.8) is 0 Å². The molecule has 1 saturated carbocycles. The maximum Gasteiger partial charge on any atom is 0.207 e. The number of anilines is 2. The topological polar surface area (TPSA) is 29.9 Å². The quantitative estimate of drug-likeness (QED) is 0.862. The van der Waals surface area contributed by atoms with Crippen LogP contribution in [0.5, 0.6) is 0 Å². The van der Waals surface area contributed by atoms with E-state index in [0.717, 1.165) is 29.2 Å². The zero-order valence-electron chi connectivity index (χ0n) is 13.2. The summed E-state index contributed by atoms with van der Waals surface area (Å²) in [6.45, 7) is 6.78. The predicted molar refractivity (Wildman–Crippen MR) is 87.9 cm³/mol. The Hall–Kier alpha value is -1.77. The van der Waals surface area contributed by atoms with Gasteiger partial charge in [-0.15, -0.1) is 0 Å². The zero-order chi connectivity index (χ0) is 14.8. The van der Waals surface area contributed by atoms with Gasteiger partial charge in [-0.25, -0.2) is 4.98 Å². The molecule has 1 aliphatic rings. The van der Waals surface area contributed by atoms with Gasteiger partial charge in [-0.2, -0.15) is 0 Å².